The summed E-state index contributed by atoms with van der Waals surface area (Å²) in [6.07, 6.45) is 1.50. The van der Waals surface area contributed by atoms with Gasteiger partial charge in [0, 0.05) is 12.3 Å². The quantitative estimate of drug-likeness (QED) is 0.899. The third-order valence-corrected chi connectivity index (χ3v) is 2.67. The summed E-state index contributed by atoms with van der Waals surface area (Å²) in [4.78, 5) is 4.10. The van der Waals surface area contributed by atoms with Gasteiger partial charge in [-0.1, -0.05) is 11.6 Å². The van der Waals surface area contributed by atoms with Gasteiger partial charge in [-0.15, -0.1) is 0 Å². The molecule has 0 bridgehead atoms. The molecule has 5 nitrogen and oxygen atoms in total. The molecule has 6 heteroatoms. The number of nitrogens with two attached hydrogens (primary N) is 1. The number of nitrogen functional groups attached to an aromatic ring is 1. The number of halogens is 1. The molecule has 0 atom stereocenters. The number of aromatic nitrogens is 1. The normalized spacial score (nSPS) is 9.74. The number of nitrogens with one attached hydrogen (secondary N) is 1. The number of rotatable bonds is 3. The predicted molar refractivity (Wildman–Crippen MR) is 74.7 cm³/mol. The lowest BCUT2D eigenvalue weighted by atomic mass is 10.2. The Bertz CT molecular complexity index is 652. The van der Waals surface area contributed by atoms with E-state index in [1.807, 2.05) is 6.07 Å². The fourth-order valence-electron chi connectivity index (χ4n) is 1.55. The minimum absolute atomic E-state index is 0.430. The highest BCUT2D eigenvalue weighted by Gasteiger charge is 2.08. The van der Waals surface area contributed by atoms with Gasteiger partial charge in [-0.25, -0.2) is 4.98 Å². The number of pyridine rings is 1. The smallest absolute Gasteiger partial charge is 0.153 e. The zero-order valence-corrected chi connectivity index (χ0v) is 10.9. The van der Waals surface area contributed by atoms with Gasteiger partial charge in [0.25, 0.3) is 0 Å². The van der Waals surface area contributed by atoms with Crippen molar-refractivity contribution in [1.29, 1.82) is 5.26 Å². The molecule has 2 rings (SSSR count). The van der Waals surface area contributed by atoms with Crippen LogP contribution < -0.4 is 15.8 Å². The van der Waals surface area contributed by atoms with E-state index in [-0.39, 0.29) is 0 Å². The van der Waals surface area contributed by atoms with Crippen LogP contribution in [-0.4, -0.2) is 12.1 Å². The highest BCUT2D eigenvalue weighted by molar-refractivity contribution is 6.30. The topological polar surface area (TPSA) is 84.0 Å². The highest BCUT2D eigenvalue weighted by atomic mass is 35.5. The van der Waals surface area contributed by atoms with Gasteiger partial charge in [0.1, 0.15) is 5.75 Å². The Hall–Kier alpha value is -2.45. The Kier molecular flexibility index (Phi) is 3.74. The number of anilines is 3. The van der Waals surface area contributed by atoms with E-state index in [2.05, 4.69) is 10.3 Å². The Balaban J connectivity index is 2.35. The molecule has 96 valence electrons. The molecule has 0 aliphatic rings. The molecular formula is C13H11ClN4O. The van der Waals surface area contributed by atoms with Crippen molar-refractivity contribution in [3.63, 3.8) is 0 Å². The summed E-state index contributed by atoms with van der Waals surface area (Å²) >= 11 is 5.79. The lowest BCUT2D eigenvalue weighted by Gasteiger charge is -2.12. The number of hydrogen-bond donors (Lipinski definition) is 2. The van der Waals surface area contributed by atoms with Crippen molar-refractivity contribution in [2.45, 2.75) is 0 Å². The molecule has 0 aliphatic heterocycles. The predicted octanol–water partition coefficient (Wildman–Crippen LogP) is 2.94. The summed E-state index contributed by atoms with van der Waals surface area (Å²) in [5, 5.41) is 12.3. The lowest BCUT2D eigenvalue weighted by Crippen LogP contribution is -2.00. The maximum Gasteiger partial charge on any atom is 0.153 e. The summed E-state index contributed by atoms with van der Waals surface area (Å²) in [7, 11) is 1.53. The van der Waals surface area contributed by atoms with Gasteiger partial charge in [-0.2, -0.15) is 5.26 Å². The summed E-state index contributed by atoms with van der Waals surface area (Å²) in [6, 6.07) is 8.69. The third kappa shape index (κ3) is 2.87. The van der Waals surface area contributed by atoms with Crippen LogP contribution in [-0.2, 0) is 0 Å². The zero-order chi connectivity index (χ0) is 13.8. The average molecular weight is 275 g/mol. The van der Waals surface area contributed by atoms with Crippen LogP contribution in [0.4, 0.5) is 17.2 Å². The van der Waals surface area contributed by atoms with E-state index in [0.717, 1.165) is 0 Å². The van der Waals surface area contributed by atoms with E-state index in [9.17, 15) is 0 Å². The number of nitriles is 1. The number of methoxy groups -OCH3 is 1. The highest BCUT2D eigenvalue weighted by Crippen LogP contribution is 2.30. The minimum Gasteiger partial charge on any atom is -0.495 e. The van der Waals surface area contributed by atoms with E-state index in [0.29, 0.717) is 33.5 Å². The molecule has 0 spiro atoms. The van der Waals surface area contributed by atoms with E-state index in [1.165, 1.54) is 13.3 Å². The fraction of sp³-hybridized carbons (Fsp3) is 0.0769. The first kappa shape index (κ1) is 13.0. The molecule has 0 saturated heterocycles. The van der Waals surface area contributed by atoms with Crippen LogP contribution in [0.2, 0.25) is 5.02 Å². The number of nitrogens with zero attached hydrogens (tertiary/aromatic N) is 2. The summed E-state index contributed by atoms with van der Waals surface area (Å²) in [5.41, 5.74) is 7.43. The first-order valence-corrected chi connectivity index (χ1v) is 5.78. The van der Waals surface area contributed by atoms with Crippen LogP contribution in [0, 0.1) is 11.3 Å². The molecule has 1 heterocycles. The van der Waals surface area contributed by atoms with Gasteiger partial charge >= 0.3 is 0 Å². The first-order chi connectivity index (χ1) is 9.13. The van der Waals surface area contributed by atoms with Crippen molar-refractivity contribution in [3.05, 3.63) is 41.0 Å². The molecule has 2 aromatic rings. The number of hydrogen-bond acceptors (Lipinski definition) is 5. The molecule has 0 unspecified atom stereocenters. The molecule has 0 radical (unpaired) electrons. The van der Waals surface area contributed by atoms with Crippen molar-refractivity contribution in [2.24, 2.45) is 0 Å². The van der Waals surface area contributed by atoms with E-state index < -0.39 is 0 Å². The largest absolute Gasteiger partial charge is 0.495 e. The van der Waals surface area contributed by atoms with Crippen LogP contribution >= 0.6 is 11.6 Å². The maximum absolute atomic E-state index is 8.84. The molecule has 0 amide bonds. The molecular weight excluding hydrogens is 264 g/mol. The zero-order valence-electron chi connectivity index (χ0n) is 10.1. The van der Waals surface area contributed by atoms with Crippen molar-refractivity contribution < 1.29 is 4.74 Å². The van der Waals surface area contributed by atoms with Crippen LogP contribution in [0.3, 0.4) is 0 Å². The molecule has 3 N–H and O–H groups in total. The van der Waals surface area contributed by atoms with Crippen molar-refractivity contribution in [2.75, 3.05) is 18.2 Å². The number of ether oxygens (including phenoxy) is 1. The minimum atomic E-state index is 0.430. The van der Waals surface area contributed by atoms with Crippen LogP contribution in [0.5, 0.6) is 5.75 Å². The molecule has 0 fully saturated rings. The summed E-state index contributed by atoms with van der Waals surface area (Å²) in [6.45, 7) is 0. The second-order valence-corrected chi connectivity index (χ2v) is 4.18. The molecule has 1 aromatic carbocycles. The molecule has 0 saturated carbocycles. The van der Waals surface area contributed by atoms with Crippen molar-refractivity contribution >= 4 is 28.8 Å². The molecule has 19 heavy (non-hydrogen) atoms. The summed E-state index contributed by atoms with van der Waals surface area (Å²) < 4.78 is 5.22. The Morgan fingerprint density at radius 1 is 1.42 bits per heavy atom. The van der Waals surface area contributed by atoms with Crippen LogP contribution in [0.15, 0.2) is 30.5 Å². The molecule has 1 aromatic heterocycles. The van der Waals surface area contributed by atoms with Gasteiger partial charge in [0.15, 0.2) is 5.82 Å². The standard InChI is InChI=1S/C13H11ClN4O/c1-19-12-4-8(6-15)2-3-11(12)18-13-10(16)5-9(14)7-17-13/h2-5,7H,16H2,1H3,(H,17,18). The van der Waals surface area contributed by atoms with E-state index in [1.54, 1.807) is 24.3 Å². The Morgan fingerprint density at radius 3 is 2.84 bits per heavy atom. The Labute approximate surface area is 115 Å². The molecule has 0 aliphatic carbocycles. The van der Waals surface area contributed by atoms with Gasteiger partial charge in [0.2, 0.25) is 0 Å². The SMILES string of the molecule is COc1cc(C#N)ccc1Nc1ncc(Cl)cc1N. The van der Waals surface area contributed by atoms with E-state index in [4.69, 9.17) is 27.3 Å². The van der Waals surface area contributed by atoms with Gasteiger partial charge < -0.3 is 15.8 Å². The fourth-order valence-corrected chi connectivity index (χ4v) is 1.72. The van der Waals surface area contributed by atoms with Gasteiger partial charge in [-0.05, 0) is 18.2 Å². The van der Waals surface area contributed by atoms with Crippen molar-refractivity contribution in [3.8, 4) is 11.8 Å². The second kappa shape index (κ2) is 5.46. The maximum atomic E-state index is 8.84. The second-order valence-electron chi connectivity index (χ2n) is 3.74. The Morgan fingerprint density at radius 2 is 2.21 bits per heavy atom. The van der Waals surface area contributed by atoms with Gasteiger partial charge in [0.05, 0.1) is 35.1 Å². The monoisotopic (exact) mass is 274 g/mol. The van der Waals surface area contributed by atoms with Gasteiger partial charge in [-0.3, -0.25) is 0 Å². The van der Waals surface area contributed by atoms with Crippen LogP contribution in [0.1, 0.15) is 5.56 Å². The number of benzene rings is 1. The first-order valence-electron chi connectivity index (χ1n) is 5.40. The average Bonchev–Trinajstić information content (AvgIpc) is 2.42. The van der Waals surface area contributed by atoms with Crippen LogP contribution in [0.25, 0.3) is 0 Å². The summed E-state index contributed by atoms with van der Waals surface area (Å²) in [5.74, 6) is 1.02. The lowest BCUT2D eigenvalue weighted by molar-refractivity contribution is 0.416. The third-order valence-electron chi connectivity index (χ3n) is 2.47. The van der Waals surface area contributed by atoms with E-state index >= 15 is 0 Å². The van der Waals surface area contributed by atoms with Crippen molar-refractivity contribution in [1.82, 2.24) is 4.98 Å².